The monoisotopic (exact) mass is 499 g/mol. The molecule has 5 rings (SSSR count). The lowest BCUT2D eigenvalue weighted by molar-refractivity contribution is -0.137. The van der Waals surface area contributed by atoms with Crippen molar-refractivity contribution in [2.24, 2.45) is 0 Å². The van der Waals surface area contributed by atoms with Gasteiger partial charge in [0.05, 0.1) is 17.3 Å². The Morgan fingerprint density at radius 1 is 1.00 bits per heavy atom. The van der Waals surface area contributed by atoms with Crippen LogP contribution in [0.5, 0.6) is 0 Å². The van der Waals surface area contributed by atoms with Crippen LogP contribution in [0.3, 0.4) is 0 Å². The van der Waals surface area contributed by atoms with E-state index < -0.39 is 17.8 Å². The van der Waals surface area contributed by atoms with E-state index in [1.807, 2.05) is 0 Å². The highest BCUT2D eigenvalue weighted by Crippen LogP contribution is 2.39. The van der Waals surface area contributed by atoms with E-state index in [1.165, 1.54) is 12.1 Å². The number of alkyl halides is 3. The maximum absolute atomic E-state index is 13.8. The molecule has 2 aliphatic heterocycles. The quantitative estimate of drug-likeness (QED) is 0.516. The van der Waals surface area contributed by atoms with Gasteiger partial charge in [0.1, 0.15) is 17.7 Å². The predicted octanol–water partition coefficient (Wildman–Crippen LogP) is 4.99. The molecule has 1 fully saturated rings. The maximum Gasteiger partial charge on any atom is 0.416 e. The van der Waals surface area contributed by atoms with Crippen LogP contribution in [0.25, 0.3) is 0 Å². The smallest absolute Gasteiger partial charge is 0.368 e. The lowest BCUT2D eigenvalue weighted by Gasteiger charge is -2.38. The van der Waals surface area contributed by atoms with Crippen molar-refractivity contribution in [2.45, 2.75) is 26.1 Å². The molecule has 2 aliphatic rings. The van der Waals surface area contributed by atoms with Crippen molar-refractivity contribution in [2.75, 3.05) is 36.4 Å². The van der Waals surface area contributed by atoms with Crippen LogP contribution in [-0.2, 0) is 11.0 Å². The molecule has 3 heterocycles. The van der Waals surface area contributed by atoms with Crippen molar-refractivity contribution in [1.82, 2.24) is 14.7 Å². The van der Waals surface area contributed by atoms with Gasteiger partial charge in [-0.15, -0.1) is 0 Å². The van der Waals surface area contributed by atoms with Gasteiger partial charge in [-0.25, -0.2) is 9.07 Å². The minimum absolute atomic E-state index is 0.250. The predicted molar refractivity (Wildman–Crippen MR) is 128 cm³/mol. The molecule has 10 heteroatoms. The van der Waals surface area contributed by atoms with Crippen LogP contribution in [0.2, 0.25) is 0 Å². The molecular weight excluding hydrogens is 474 g/mol. The first-order valence-electron chi connectivity index (χ1n) is 11.6. The zero-order valence-electron chi connectivity index (χ0n) is 19.8. The zero-order valence-corrected chi connectivity index (χ0v) is 19.8. The van der Waals surface area contributed by atoms with E-state index in [2.05, 4.69) is 15.3 Å². The number of carbonyl (C=O) groups is 1. The molecule has 36 heavy (non-hydrogen) atoms. The van der Waals surface area contributed by atoms with Crippen molar-refractivity contribution in [3.05, 3.63) is 88.5 Å². The number of rotatable bonds is 3. The number of aromatic nitrogens is 2. The van der Waals surface area contributed by atoms with Gasteiger partial charge in [0, 0.05) is 43.6 Å². The molecule has 0 spiro atoms. The van der Waals surface area contributed by atoms with Gasteiger partial charge in [-0.05, 0) is 55.8 Å². The molecular formula is C26H25F4N5O. The molecule has 1 saturated heterocycles. The molecule has 1 N–H and O–H groups in total. The number of benzene rings is 2. The Kier molecular flexibility index (Phi) is 5.97. The van der Waals surface area contributed by atoms with Gasteiger partial charge in [0.25, 0.3) is 5.91 Å². The minimum atomic E-state index is -4.51. The highest BCUT2D eigenvalue weighted by atomic mass is 19.4. The topological polar surface area (TPSA) is 53.4 Å². The molecule has 1 amide bonds. The Balaban J connectivity index is 1.46. The number of nitrogens with zero attached hydrogens (tertiary/aromatic N) is 4. The van der Waals surface area contributed by atoms with Gasteiger partial charge in [-0.2, -0.15) is 18.3 Å². The third kappa shape index (κ3) is 4.43. The summed E-state index contributed by atoms with van der Waals surface area (Å²) in [5, 5.41) is 7.51. The van der Waals surface area contributed by atoms with Crippen LogP contribution in [0.4, 0.5) is 29.1 Å². The first-order valence-corrected chi connectivity index (χ1v) is 11.6. The first kappa shape index (κ1) is 23.9. The number of nitrogens with one attached hydrogen (secondary N) is 1. The zero-order chi connectivity index (χ0) is 25.6. The fraction of sp³-hybridized carbons (Fsp3) is 0.308. The van der Waals surface area contributed by atoms with Gasteiger partial charge in [0.2, 0.25) is 0 Å². The van der Waals surface area contributed by atoms with E-state index >= 15 is 0 Å². The van der Waals surface area contributed by atoms with Crippen LogP contribution in [0.15, 0.2) is 66.0 Å². The molecule has 2 aromatic carbocycles. The third-order valence-corrected chi connectivity index (χ3v) is 6.64. The average molecular weight is 500 g/mol. The minimum Gasteiger partial charge on any atom is -0.368 e. The number of hydrogen-bond acceptors (Lipinski definition) is 4. The third-order valence-electron chi connectivity index (χ3n) is 6.64. The van der Waals surface area contributed by atoms with E-state index in [0.717, 1.165) is 17.8 Å². The largest absolute Gasteiger partial charge is 0.416 e. The summed E-state index contributed by atoms with van der Waals surface area (Å²) in [6.45, 7) is 5.32. The number of anilines is 2. The molecule has 188 valence electrons. The van der Waals surface area contributed by atoms with Crippen molar-refractivity contribution in [3.8, 4) is 0 Å². The number of halogens is 4. The highest BCUT2D eigenvalue weighted by Gasteiger charge is 2.38. The van der Waals surface area contributed by atoms with Crippen molar-refractivity contribution >= 4 is 17.4 Å². The Morgan fingerprint density at radius 3 is 2.36 bits per heavy atom. The summed E-state index contributed by atoms with van der Waals surface area (Å²) in [6.07, 6.45) is -2.96. The Labute approximate surface area is 205 Å². The second kappa shape index (κ2) is 9.00. The van der Waals surface area contributed by atoms with Crippen molar-refractivity contribution in [3.63, 3.8) is 0 Å². The summed E-state index contributed by atoms with van der Waals surface area (Å²) in [5.41, 5.74) is 1.85. The number of allylic oxidation sites excluding steroid dienone is 1. The van der Waals surface area contributed by atoms with E-state index in [1.54, 1.807) is 53.9 Å². The molecule has 1 unspecified atom stereocenters. The highest BCUT2D eigenvalue weighted by molar-refractivity contribution is 5.97. The molecule has 6 nitrogen and oxygen atoms in total. The lowest BCUT2D eigenvalue weighted by Crippen LogP contribution is -2.50. The number of amides is 1. The Morgan fingerprint density at radius 2 is 1.69 bits per heavy atom. The Hall–Kier alpha value is -3.82. The standard InChI is InChI=1S/C26H25F4N5O/c1-16-13-18(15-19(14-16)26(28,29)30)24-23(17(2)32-22-7-8-31-35(22)24)25(36)34-11-9-33(10-12-34)21-5-3-20(27)4-6-21/h3-8,13-15,24,32H,9-12H2,1-2H3. The van der Waals surface area contributed by atoms with Crippen LogP contribution in [0.1, 0.15) is 29.7 Å². The van der Waals surface area contributed by atoms with Gasteiger partial charge in [-0.3, -0.25) is 4.79 Å². The summed E-state index contributed by atoms with van der Waals surface area (Å²) in [5.74, 6) is 0.0406. The Bertz CT molecular complexity index is 1320. The normalized spacial score (nSPS) is 18.2. The first-order chi connectivity index (χ1) is 17.1. The molecule has 0 bridgehead atoms. The van der Waals surface area contributed by atoms with E-state index in [0.29, 0.717) is 54.4 Å². The van der Waals surface area contributed by atoms with E-state index in [4.69, 9.17) is 0 Å². The molecule has 1 aromatic heterocycles. The van der Waals surface area contributed by atoms with E-state index in [9.17, 15) is 22.4 Å². The van der Waals surface area contributed by atoms with Crippen molar-refractivity contribution < 1.29 is 22.4 Å². The van der Waals surface area contributed by atoms with Crippen LogP contribution < -0.4 is 10.2 Å². The molecule has 3 aromatic rings. The molecule has 0 aliphatic carbocycles. The van der Waals surface area contributed by atoms with Crippen molar-refractivity contribution in [1.29, 1.82) is 0 Å². The van der Waals surface area contributed by atoms with Crippen LogP contribution >= 0.6 is 0 Å². The van der Waals surface area contributed by atoms with Crippen LogP contribution in [0, 0.1) is 12.7 Å². The summed E-state index contributed by atoms with van der Waals surface area (Å²) >= 11 is 0. The number of aryl methyl sites for hydroxylation is 1. The number of fused-ring (bicyclic) bond motifs is 1. The molecule has 1 atom stereocenters. The van der Waals surface area contributed by atoms with Gasteiger partial charge >= 0.3 is 6.18 Å². The van der Waals surface area contributed by atoms with Gasteiger partial charge < -0.3 is 15.1 Å². The number of piperazine rings is 1. The maximum atomic E-state index is 13.8. The molecule has 0 saturated carbocycles. The summed E-state index contributed by atoms with van der Waals surface area (Å²) in [4.78, 5) is 17.6. The summed E-state index contributed by atoms with van der Waals surface area (Å²) in [7, 11) is 0. The fourth-order valence-electron chi connectivity index (χ4n) is 4.92. The number of hydrogen-bond donors (Lipinski definition) is 1. The SMILES string of the molecule is CC1=C(C(=O)N2CCN(c3ccc(F)cc3)CC2)C(c2cc(C)cc(C(F)(F)F)c2)n2nccc2N1. The number of carbonyl (C=O) groups excluding carboxylic acids is 1. The summed E-state index contributed by atoms with van der Waals surface area (Å²) < 4.78 is 55.7. The second-order valence-corrected chi connectivity index (χ2v) is 9.11. The summed E-state index contributed by atoms with van der Waals surface area (Å²) in [6, 6.07) is 11.0. The van der Waals surface area contributed by atoms with E-state index in [-0.39, 0.29) is 11.7 Å². The van der Waals surface area contributed by atoms with Gasteiger partial charge in [0.15, 0.2) is 0 Å². The fourth-order valence-corrected chi connectivity index (χ4v) is 4.92. The molecule has 0 radical (unpaired) electrons. The van der Waals surface area contributed by atoms with Gasteiger partial charge in [-0.1, -0.05) is 11.6 Å². The van der Waals surface area contributed by atoms with Crippen LogP contribution in [-0.4, -0.2) is 46.8 Å². The lowest BCUT2D eigenvalue weighted by atomic mass is 9.91. The second-order valence-electron chi connectivity index (χ2n) is 9.11. The average Bonchev–Trinajstić information content (AvgIpc) is 3.30.